The lowest BCUT2D eigenvalue weighted by Crippen LogP contribution is -2.25. The summed E-state index contributed by atoms with van der Waals surface area (Å²) in [4.78, 5) is 12.9. The van der Waals surface area contributed by atoms with Gasteiger partial charge in [0.15, 0.2) is 15.0 Å². The molecule has 0 spiro atoms. The van der Waals surface area contributed by atoms with Gasteiger partial charge in [-0.2, -0.15) is 0 Å². The average Bonchev–Trinajstić information content (AvgIpc) is 3.14. The Balaban J connectivity index is 1.76. The number of hydrogen-bond acceptors (Lipinski definition) is 7. The van der Waals surface area contributed by atoms with E-state index in [1.165, 1.54) is 23.9 Å². The van der Waals surface area contributed by atoms with E-state index in [1.807, 2.05) is 13.8 Å². The summed E-state index contributed by atoms with van der Waals surface area (Å²) in [6.07, 6.45) is 0.544. The fourth-order valence-corrected chi connectivity index (χ4v) is 5.26. The number of aromatic nitrogens is 3. The van der Waals surface area contributed by atoms with E-state index in [4.69, 9.17) is 0 Å². The number of carbonyl (C=O) groups is 1. The van der Waals surface area contributed by atoms with Crippen LogP contribution in [0.4, 0.5) is 5.69 Å². The van der Waals surface area contributed by atoms with Crippen molar-refractivity contribution in [3.8, 4) is 5.75 Å². The van der Waals surface area contributed by atoms with E-state index >= 15 is 0 Å². The first-order valence-corrected chi connectivity index (χ1v) is 12.3. The summed E-state index contributed by atoms with van der Waals surface area (Å²) in [7, 11) is -3.56. The van der Waals surface area contributed by atoms with Crippen molar-refractivity contribution in [2.45, 2.75) is 47.9 Å². The summed E-state index contributed by atoms with van der Waals surface area (Å²) < 4.78 is 27.2. The van der Waals surface area contributed by atoms with E-state index in [0.717, 1.165) is 0 Å². The fraction of sp³-hybridized carbons (Fsp3) is 0.286. The van der Waals surface area contributed by atoms with E-state index in [-0.39, 0.29) is 22.3 Å². The Kier molecular flexibility index (Phi) is 7.34. The lowest BCUT2D eigenvalue weighted by Gasteiger charge is -2.15. The molecule has 1 aromatic heterocycles. The normalized spacial score (nSPS) is 12.5. The van der Waals surface area contributed by atoms with Gasteiger partial charge in [-0.25, -0.2) is 8.42 Å². The molecule has 8 nitrogen and oxygen atoms in total. The summed E-state index contributed by atoms with van der Waals surface area (Å²) in [5, 5.41) is 20.5. The molecule has 164 valence electrons. The highest BCUT2D eigenvalue weighted by Crippen LogP contribution is 2.27. The molecule has 0 radical (unpaired) electrons. The Hall–Kier alpha value is -2.85. The number of benzene rings is 2. The highest BCUT2D eigenvalue weighted by molar-refractivity contribution is 8.00. The number of anilines is 1. The Labute approximate surface area is 185 Å². The van der Waals surface area contributed by atoms with Gasteiger partial charge in [-0.15, -0.1) is 10.2 Å². The van der Waals surface area contributed by atoms with Crippen LogP contribution >= 0.6 is 11.8 Å². The molecule has 2 aromatic carbocycles. The Morgan fingerprint density at radius 1 is 1.10 bits per heavy atom. The number of amides is 1. The molecule has 10 heteroatoms. The second-order valence-corrected chi connectivity index (χ2v) is 9.93. The first-order chi connectivity index (χ1) is 14.8. The predicted octanol–water partition coefficient (Wildman–Crippen LogP) is 3.49. The molecular formula is C21H24N4O4S2. The number of sulfone groups is 1. The molecule has 31 heavy (non-hydrogen) atoms. The number of nitrogens with zero attached hydrogens (tertiary/aromatic N) is 3. The van der Waals surface area contributed by atoms with Crippen LogP contribution in [0.15, 0.2) is 64.6 Å². The molecule has 0 fully saturated rings. The van der Waals surface area contributed by atoms with Crippen LogP contribution in [-0.4, -0.2) is 39.4 Å². The molecule has 3 rings (SSSR count). The summed E-state index contributed by atoms with van der Waals surface area (Å²) in [5.74, 6) is -0.0204. The second-order valence-electron chi connectivity index (χ2n) is 6.77. The Morgan fingerprint density at radius 2 is 1.77 bits per heavy atom. The minimum absolute atomic E-state index is 0.119. The topological polar surface area (TPSA) is 114 Å². The maximum atomic E-state index is 12.7. The van der Waals surface area contributed by atoms with Gasteiger partial charge in [-0.1, -0.05) is 36.9 Å². The first-order valence-electron chi connectivity index (χ1n) is 9.80. The van der Waals surface area contributed by atoms with Crippen LogP contribution in [0.2, 0.25) is 0 Å². The van der Waals surface area contributed by atoms with Crippen molar-refractivity contribution in [3.05, 3.63) is 60.4 Å². The van der Waals surface area contributed by atoms with Crippen LogP contribution in [0.5, 0.6) is 5.75 Å². The van der Waals surface area contributed by atoms with Gasteiger partial charge in [0.1, 0.15) is 17.3 Å². The van der Waals surface area contributed by atoms with Gasteiger partial charge >= 0.3 is 0 Å². The minimum atomic E-state index is -3.56. The lowest BCUT2D eigenvalue weighted by atomic mass is 10.2. The number of rotatable bonds is 9. The first kappa shape index (κ1) is 22.8. The van der Waals surface area contributed by atoms with E-state index in [2.05, 4.69) is 15.5 Å². The van der Waals surface area contributed by atoms with E-state index in [0.29, 0.717) is 29.6 Å². The third kappa shape index (κ3) is 5.65. The summed E-state index contributed by atoms with van der Waals surface area (Å²) in [6.45, 7) is 4.25. The second kappa shape index (κ2) is 9.97. The molecule has 1 amide bonds. The van der Waals surface area contributed by atoms with Crippen molar-refractivity contribution < 1.29 is 18.3 Å². The van der Waals surface area contributed by atoms with Crippen molar-refractivity contribution in [2.24, 2.45) is 0 Å². The van der Waals surface area contributed by atoms with Crippen molar-refractivity contribution in [1.29, 1.82) is 0 Å². The Bertz CT molecular complexity index is 1130. The van der Waals surface area contributed by atoms with Crippen molar-refractivity contribution >= 4 is 33.2 Å². The van der Waals surface area contributed by atoms with E-state index < -0.39 is 15.1 Å². The third-order valence-electron chi connectivity index (χ3n) is 4.58. The number of hydrogen-bond donors (Lipinski definition) is 2. The van der Waals surface area contributed by atoms with Crippen LogP contribution in [0.3, 0.4) is 0 Å². The molecule has 2 N–H and O–H groups in total. The van der Waals surface area contributed by atoms with E-state index in [1.54, 1.807) is 47.0 Å². The average molecular weight is 461 g/mol. The van der Waals surface area contributed by atoms with Gasteiger partial charge in [-0.05, 0) is 49.7 Å². The molecular weight excluding hydrogens is 436 g/mol. The molecule has 0 bridgehead atoms. The molecule has 0 saturated heterocycles. The monoisotopic (exact) mass is 460 g/mol. The van der Waals surface area contributed by atoms with Crippen LogP contribution in [0.1, 0.15) is 26.1 Å². The van der Waals surface area contributed by atoms with Crippen molar-refractivity contribution in [2.75, 3.05) is 5.32 Å². The van der Waals surface area contributed by atoms with Gasteiger partial charge in [0.2, 0.25) is 5.91 Å². The predicted molar refractivity (Wildman–Crippen MR) is 120 cm³/mol. The highest BCUT2D eigenvalue weighted by Gasteiger charge is 2.25. The van der Waals surface area contributed by atoms with Gasteiger partial charge in [0.05, 0.1) is 10.1 Å². The molecule has 1 unspecified atom stereocenters. The molecule has 3 aromatic rings. The smallest absolute Gasteiger partial charge is 0.237 e. The summed E-state index contributed by atoms with van der Waals surface area (Å²) >= 11 is 1.25. The zero-order valence-corrected chi connectivity index (χ0v) is 18.9. The van der Waals surface area contributed by atoms with Crippen LogP contribution in [0.25, 0.3) is 0 Å². The van der Waals surface area contributed by atoms with Crippen molar-refractivity contribution in [3.63, 3.8) is 0 Å². The van der Waals surface area contributed by atoms with Crippen LogP contribution in [0, 0.1) is 0 Å². The number of nitrogens with one attached hydrogen (secondary N) is 1. The molecule has 0 aliphatic rings. The highest BCUT2D eigenvalue weighted by atomic mass is 32.2. The van der Waals surface area contributed by atoms with Gasteiger partial charge < -0.3 is 15.0 Å². The zero-order valence-electron chi connectivity index (χ0n) is 17.2. The van der Waals surface area contributed by atoms with E-state index in [9.17, 15) is 18.3 Å². The maximum Gasteiger partial charge on any atom is 0.237 e. The number of thioether (sulfide) groups is 1. The molecule has 1 heterocycles. The SMILES string of the molecule is CCC(Sc1nnc(CS(=O)(=O)c2ccccc2)n1CC)C(=O)Nc1ccc(O)cc1. The molecule has 0 aliphatic carbocycles. The molecule has 0 saturated carbocycles. The van der Waals surface area contributed by atoms with Gasteiger partial charge in [-0.3, -0.25) is 4.79 Å². The number of phenols is 1. The molecule has 0 aliphatic heterocycles. The lowest BCUT2D eigenvalue weighted by molar-refractivity contribution is -0.115. The minimum Gasteiger partial charge on any atom is -0.508 e. The maximum absolute atomic E-state index is 12.7. The van der Waals surface area contributed by atoms with Crippen LogP contribution in [-0.2, 0) is 26.9 Å². The summed E-state index contributed by atoms with van der Waals surface area (Å²) in [6, 6.07) is 14.5. The fourth-order valence-electron chi connectivity index (χ4n) is 2.93. The van der Waals surface area contributed by atoms with Crippen LogP contribution < -0.4 is 5.32 Å². The quantitative estimate of drug-likeness (QED) is 0.371. The van der Waals surface area contributed by atoms with Gasteiger partial charge in [0, 0.05) is 12.2 Å². The van der Waals surface area contributed by atoms with Gasteiger partial charge in [0.25, 0.3) is 0 Å². The molecule has 1 atom stereocenters. The number of aromatic hydroxyl groups is 1. The number of carbonyl (C=O) groups excluding carboxylic acids is 1. The Morgan fingerprint density at radius 3 is 2.39 bits per heavy atom. The van der Waals surface area contributed by atoms with Crippen molar-refractivity contribution in [1.82, 2.24) is 14.8 Å². The standard InChI is InChI=1S/C21H24N4O4S2/c1-3-18(20(27)22-15-10-12-16(26)13-11-15)30-21-24-23-19(25(21)4-2)14-31(28,29)17-8-6-5-7-9-17/h5-13,18,26H,3-4,14H2,1-2H3,(H,22,27). The third-order valence-corrected chi connectivity index (χ3v) is 7.55. The largest absolute Gasteiger partial charge is 0.508 e. The number of phenolic OH excluding ortho intramolecular Hbond substituents is 1. The summed E-state index contributed by atoms with van der Waals surface area (Å²) in [5.41, 5.74) is 0.577. The zero-order chi connectivity index (χ0) is 22.4.